The van der Waals surface area contributed by atoms with Crippen LogP contribution in [0.5, 0.6) is 11.6 Å². The number of nitrogens with zero attached hydrogens (tertiary/aromatic N) is 6. The summed E-state index contributed by atoms with van der Waals surface area (Å²) >= 11 is 6.71. The maximum atomic E-state index is 16.4. The van der Waals surface area contributed by atoms with E-state index in [0.717, 1.165) is 100 Å². The van der Waals surface area contributed by atoms with Gasteiger partial charge in [-0.15, -0.1) is 0 Å². The van der Waals surface area contributed by atoms with Gasteiger partial charge in [-0.3, -0.25) is 29.3 Å². The highest BCUT2D eigenvalue weighted by atomic mass is 35.5. The standard InChI is InChI=1S/C53H60ClF2N9O7/c1-30-43-41(27-39(55)46(54)45(43)44-38(48(57)68)28-58-50(47(44)56)71-25-24-66)72-53(30,34-6-4-3-5-7-34)29-59-35-11-8-32(9-12-35)51(69)64-21-16-36(17-22-64)63-19-14-31(15-20-63)33-10-13-37-40(26-33)62(2)61-49(37)65-23-18-42(67)60-52(65)70/h3-7,10,13,26-28,30-32,35-36,59,66H,8-9,11-12,14-25,29H2,1-2H3,(H2,57,68)(H,60,67,70)/t30-,32?,35?,53-/m0/s1. The van der Waals surface area contributed by atoms with Crippen molar-refractivity contribution in [2.24, 2.45) is 18.7 Å². The number of aromatic nitrogens is 3. The molecule has 1 saturated carbocycles. The van der Waals surface area contributed by atoms with Crippen molar-refractivity contribution in [3.63, 3.8) is 0 Å². The van der Waals surface area contributed by atoms with Crippen LogP contribution in [-0.2, 0) is 22.2 Å². The van der Waals surface area contributed by atoms with Gasteiger partial charge >= 0.3 is 6.03 Å². The average Bonchev–Trinajstić information content (AvgIpc) is 3.87. The van der Waals surface area contributed by atoms with Crippen molar-refractivity contribution in [2.45, 2.75) is 94.2 Å². The number of ether oxygens (including phenoxy) is 2. The zero-order valence-electron chi connectivity index (χ0n) is 40.5. The smallest absolute Gasteiger partial charge is 0.329 e. The van der Waals surface area contributed by atoms with Crippen LogP contribution in [0.15, 0.2) is 60.8 Å². The van der Waals surface area contributed by atoms with Crippen molar-refractivity contribution in [3.05, 3.63) is 99.7 Å². The van der Waals surface area contributed by atoms with E-state index in [1.807, 2.05) is 49.0 Å². The lowest BCUT2D eigenvalue weighted by Gasteiger charge is -2.43. The van der Waals surface area contributed by atoms with Crippen molar-refractivity contribution in [2.75, 3.05) is 57.4 Å². The summed E-state index contributed by atoms with van der Waals surface area (Å²) in [5.74, 6) is -3.03. The van der Waals surface area contributed by atoms with Crippen LogP contribution >= 0.6 is 11.6 Å². The van der Waals surface area contributed by atoms with Crippen LogP contribution in [0.2, 0.25) is 5.02 Å². The lowest BCUT2D eigenvalue weighted by atomic mass is 9.77. The maximum absolute atomic E-state index is 16.4. The number of hydrogen-bond donors (Lipinski definition) is 4. The maximum Gasteiger partial charge on any atom is 0.329 e. The molecule has 0 bridgehead atoms. The molecular formula is C53H60ClF2N9O7. The molecule has 10 rings (SSSR count). The second kappa shape index (κ2) is 20.4. The van der Waals surface area contributed by atoms with Crippen LogP contribution in [-0.4, -0.2) is 118 Å². The number of aliphatic hydroxyl groups is 1. The molecule has 1 aliphatic carbocycles. The van der Waals surface area contributed by atoms with Gasteiger partial charge in [0.05, 0.1) is 22.7 Å². The van der Waals surface area contributed by atoms with E-state index in [4.69, 9.17) is 26.8 Å². The Morgan fingerprint density at radius 1 is 0.972 bits per heavy atom. The molecule has 0 spiro atoms. The molecule has 380 valence electrons. The van der Waals surface area contributed by atoms with Crippen LogP contribution in [0.4, 0.5) is 19.4 Å². The number of primary amides is 1. The fraction of sp³-hybridized carbons (Fsp3) is 0.472. The number of carbonyl (C=O) groups is 4. The lowest BCUT2D eigenvalue weighted by molar-refractivity contribution is -0.138. The van der Waals surface area contributed by atoms with Crippen molar-refractivity contribution in [1.82, 2.24) is 35.2 Å². The number of pyridine rings is 1. The van der Waals surface area contributed by atoms with Gasteiger partial charge in [-0.2, -0.15) is 5.10 Å². The summed E-state index contributed by atoms with van der Waals surface area (Å²) < 4.78 is 46.2. The number of piperidine rings is 2. The molecule has 5 amide bonds. The molecule has 0 unspecified atom stereocenters. The predicted molar refractivity (Wildman–Crippen MR) is 266 cm³/mol. The number of nitrogens with one attached hydrogen (secondary N) is 2. The third kappa shape index (κ3) is 9.15. The Morgan fingerprint density at radius 2 is 1.71 bits per heavy atom. The van der Waals surface area contributed by atoms with E-state index in [0.29, 0.717) is 29.9 Å². The molecule has 19 heteroatoms. The molecule has 4 fully saturated rings. The summed E-state index contributed by atoms with van der Waals surface area (Å²) in [5, 5.41) is 20.6. The Bertz CT molecular complexity index is 2900. The average molecular weight is 1010 g/mol. The third-order valence-corrected chi connectivity index (χ3v) is 16.3. The number of urea groups is 1. The number of carbonyl (C=O) groups excluding carboxylic acids is 4. The molecule has 0 radical (unpaired) electrons. The number of rotatable bonds is 13. The molecule has 72 heavy (non-hydrogen) atoms. The molecule has 16 nitrogen and oxygen atoms in total. The minimum Gasteiger partial charge on any atom is -0.480 e. The SMILES string of the molecule is C[C@H]1c2c(cc(F)c(Cl)c2-c2c(C(N)=O)cnc(OCCO)c2F)O[C@]1(CNC1CCC(C(=O)N2CCC(N3CCC(c4ccc5c(N6CCC(=O)NC6=O)nn(C)c5c4)CC3)CC2)CC1)c1ccccc1. The van der Waals surface area contributed by atoms with Crippen LogP contribution in [0.1, 0.15) is 104 Å². The van der Waals surface area contributed by atoms with Crippen LogP contribution in [0, 0.1) is 17.6 Å². The minimum absolute atomic E-state index is 0.0623. The molecule has 4 aliphatic heterocycles. The quantitative estimate of drug-likeness (QED) is 0.0959. The first-order valence-electron chi connectivity index (χ1n) is 25.1. The minimum atomic E-state index is -1.12. The fourth-order valence-electron chi connectivity index (χ4n) is 12.0. The normalized spacial score (nSPS) is 23.3. The van der Waals surface area contributed by atoms with Gasteiger partial charge in [-0.05, 0) is 93.6 Å². The summed E-state index contributed by atoms with van der Waals surface area (Å²) in [5.41, 5.74) is 7.23. The third-order valence-electron chi connectivity index (χ3n) is 15.9. The highest BCUT2D eigenvalue weighted by Gasteiger charge is 2.50. The number of aryl methyl sites for hydroxylation is 1. The number of imide groups is 1. The van der Waals surface area contributed by atoms with Gasteiger partial charge in [0.2, 0.25) is 11.8 Å². The van der Waals surface area contributed by atoms with Gasteiger partial charge in [0.25, 0.3) is 11.8 Å². The number of amides is 5. The monoisotopic (exact) mass is 1010 g/mol. The van der Waals surface area contributed by atoms with E-state index in [-0.39, 0.29) is 65.8 Å². The Hall–Kier alpha value is -6.21. The van der Waals surface area contributed by atoms with Gasteiger partial charge in [0.1, 0.15) is 18.2 Å². The fourth-order valence-corrected chi connectivity index (χ4v) is 12.2. The number of fused-ring (bicyclic) bond motifs is 2. The van der Waals surface area contributed by atoms with Gasteiger partial charge in [-0.1, -0.05) is 54.9 Å². The van der Waals surface area contributed by atoms with E-state index < -0.39 is 52.6 Å². The van der Waals surface area contributed by atoms with Crippen molar-refractivity contribution >= 4 is 52.1 Å². The van der Waals surface area contributed by atoms with Crippen molar-refractivity contribution in [1.29, 1.82) is 0 Å². The summed E-state index contributed by atoms with van der Waals surface area (Å²) in [4.78, 5) is 61.2. The molecule has 6 heterocycles. The summed E-state index contributed by atoms with van der Waals surface area (Å²) in [6.07, 6.45) is 8.28. The molecule has 2 atom stereocenters. The predicted octanol–water partition coefficient (Wildman–Crippen LogP) is 6.89. The van der Waals surface area contributed by atoms with E-state index in [1.165, 1.54) is 16.5 Å². The van der Waals surface area contributed by atoms with E-state index in [9.17, 15) is 24.3 Å². The largest absolute Gasteiger partial charge is 0.480 e. The summed E-state index contributed by atoms with van der Waals surface area (Å²) in [7, 11) is 1.88. The molecule has 3 saturated heterocycles. The lowest BCUT2D eigenvalue weighted by Crippen LogP contribution is -2.51. The Balaban J connectivity index is 0.749. The van der Waals surface area contributed by atoms with Crippen LogP contribution in [0.25, 0.3) is 22.0 Å². The highest BCUT2D eigenvalue weighted by molar-refractivity contribution is 6.34. The van der Waals surface area contributed by atoms with E-state index in [1.54, 1.807) is 0 Å². The second-order valence-electron chi connectivity index (χ2n) is 19.9. The second-order valence-corrected chi connectivity index (χ2v) is 20.3. The van der Waals surface area contributed by atoms with Crippen LogP contribution in [0.3, 0.4) is 0 Å². The van der Waals surface area contributed by atoms with Crippen molar-refractivity contribution < 1.29 is 42.5 Å². The summed E-state index contributed by atoms with van der Waals surface area (Å²) in [6, 6.07) is 17.2. The molecule has 2 aromatic heterocycles. The molecule has 5 aromatic rings. The molecular weight excluding hydrogens is 948 g/mol. The van der Waals surface area contributed by atoms with Gasteiger partial charge in [0, 0.05) is 97.9 Å². The van der Waals surface area contributed by atoms with Gasteiger partial charge < -0.3 is 35.4 Å². The van der Waals surface area contributed by atoms with Gasteiger partial charge in [-0.25, -0.2) is 18.6 Å². The number of halogens is 3. The van der Waals surface area contributed by atoms with E-state index in [2.05, 4.69) is 48.7 Å². The molecule has 3 aromatic carbocycles. The number of nitrogens with two attached hydrogens (primary N) is 1. The first-order valence-corrected chi connectivity index (χ1v) is 25.5. The highest BCUT2D eigenvalue weighted by Crippen LogP contribution is 2.56. The molecule has 5 aliphatic rings. The first-order chi connectivity index (χ1) is 34.8. The van der Waals surface area contributed by atoms with Crippen molar-refractivity contribution in [3.8, 4) is 22.8 Å². The summed E-state index contributed by atoms with van der Waals surface area (Å²) in [6.45, 7) is 5.26. The topological polar surface area (TPSA) is 197 Å². The number of likely N-dealkylation sites (tertiary alicyclic amines) is 2. The number of anilines is 1. The first kappa shape index (κ1) is 49.4. The Kier molecular flexibility index (Phi) is 14.0. The number of hydrogen-bond acceptors (Lipinski definition) is 11. The number of benzene rings is 3. The Morgan fingerprint density at radius 3 is 2.40 bits per heavy atom. The Labute approximate surface area is 421 Å². The van der Waals surface area contributed by atoms with Crippen LogP contribution < -0.4 is 30.7 Å². The number of aliphatic hydroxyl groups excluding tert-OH is 1. The molecule has 5 N–H and O–H groups in total. The van der Waals surface area contributed by atoms with E-state index >= 15 is 8.78 Å². The van der Waals surface area contributed by atoms with Gasteiger partial charge in [0.15, 0.2) is 17.2 Å². The zero-order valence-corrected chi connectivity index (χ0v) is 41.2. The zero-order chi connectivity index (χ0) is 50.4.